The number of nitrogens with one attached hydrogen (secondary N) is 1. The van der Waals surface area contributed by atoms with Crippen LogP contribution in [0.25, 0.3) is 10.9 Å². The van der Waals surface area contributed by atoms with E-state index in [0.717, 1.165) is 35.9 Å². The van der Waals surface area contributed by atoms with Crippen LogP contribution in [0.3, 0.4) is 0 Å². The molecule has 0 saturated carbocycles. The molecule has 0 unspecified atom stereocenters. The minimum absolute atomic E-state index is 0.253. The van der Waals surface area contributed by atoms with Crippen LogP contribution in [0.4, 0.5) is 0 Å². The van der Waals surface area contributed by atoms with E-state index in [1.165, 1.54) is 18.4 Å². The Morgan fingerprint density at radius 2 is 2.06 bits per heavy atom. The molecule has 3 nitrogen and oxygen atoms in total. The molecule has 0 radical (unpaired) electrons. The van der Waals surface area contributed by atoms with Crippen molar-refractivity contribution in [3.63, 3.8) is 0 Å². The first kappa shape index (κ1) is 9.58. The molecule has 0 spiro atoms. The van der Waals surface area contributed by atoms with E-state index in [-0.39, 0.29) is 5.55 Å². The van der Waals surface area contributed by atoms with Crippen molar-refractivity contribution in [3.05, 3.63) is 35.2 Å². The Hall–Kier alpha value is -1.64. The van der Waals surface area contributed by atoms with Gasteiger partial charge in [0.05, 0.1) is 10.9 Å². The van der Waals surface area contributed by atoms with Gasteiger partial charge in [-0.25, -0.2) is 0 Å². The average molecular weight is 214 g/mol. The number of rotatable bonds is 0. The average Bonchev–Trinajstić information content (AvgIpc) is 2.55. The highest BCUT2D eigenvalue weighted by atomic mass is 16.3. The quantitative estimate of drug-likeness (QED) is 0.685. The zero-order valence-electron chi connectivity index (χ0n) is 9.12. The molecule has 2 heterocycles. The van der Waals surface area contributed by atoms with Crippen molar-refractivity contribution in [2.24, 2.45) is 0 Å². The molecule has 16 heavy (non-hydrogen) atoms. The summed E-state index contributed by atoms with van der Waals surface area (Å²) in [6.07, 6.45) is 7.39. The molecule has 3 heteroatoms. The van der Waals surface area contributed by atoms with E-state index in [1.54, 1.807) is 6.20 Å². The summed E-state index contributed by atoms with van der Waals surface area (Å²) in [6.45, 7) is 0. The van der Waals surface area contributed by atoms with Gasteiger partial charge in [0.1, 0.15) is 5.76 Å². The third-order valence-corrected chi connectivity index (χ3v) is 3.23. The second kappa shape index (κ2) is 3.74. The molecule has 1 aliphatic rings. The SMILES string of the molecule is N=c1oc2c(c3ncccc13)CCCCC2. The van der Waals surface area contributed by atoms with E-state index in [2.05, 4.69) is 4.98 Å². The lowest BCUT2D eigenvalue weighted by Crippen LogP contribution is -2.07. The molecule has 0 saturated heterocycles. The molecule has 1 N–H and O–H groups in total. The summed E-state index contributed by atoms with van der Waals surface area (Å²) in [5, 5.41) is 8.70. The lowest BCUT2D eigenvalue weighted by Gasteiger charge is -2.07. The largest absolute Gasteiger partial charge is 0.443 e. The van der Waals surface area contributed by atoms with Crippen LogP contribution >= 0.6 is 0 Å². The maximum absolute atomic E-state index is 7.87. The molecule has 0 aromatic carbocycles. The molecule has 2 aromatic heterocycles. The Kier molecular flexibility index (Phi) is 2.24. The molecule has 0 aliphatic heterocycles. The lowest BCUT2D eigenvalue weighted by molar-refractivity contribution is 0.441. The van der Waals surface area contributed by atoms with E-state index in [1.807, 2.05) is 12.1 Å². The fraction of sp³-hybridized carbons (Fsp3) is 0.385. The Balaban J connectivity index is 2.37. The van der Waals surface area contributed by atoms with Gasteiger partial charge < -0.3 is 4.42 Å². The third kappa shape index (κ3) is 1.43. The summed E-state index contributed by atoms with van der Waals surface area (Å²) in [5.41, 5.74) is 2.45. The fourth-order valence-corrected chi connectivity index (χ4v) is 2.42. The lowest BCUT2D eigenvalue weighted by atomic mass is 10.1. The first-order valence-corrected chi connectivity index (χ1v) is 5.80. The van der Waals surface area contributed by atoms with Crippen LogP contribution in [0.5, 0.6) is 0 Å². The Labute approximate surface area is 93.6 Å². The summed E-state index contributed by atoms with van der Waals surface area (Å²) < 4.78 is 5.62. The fourth-order valence-electron chi connectivity index (χ4n) is 2.42. The molecule has 2 aromatic rings. The van der Waals surface area contributed by atoms with Gasteiger partial charge in [0.2, 0.25) is 5.55 Å². The van der Waals surface area contributed by atoms with Crippen molar-refractivity contribution in [3.8, 4) is 0 Å². The van der Waals surface area contributed by atoms with Gasteiger partial charge in [0.15, 0.2) is 0 Å². The second-order valence-corrected chi connectivity index (χ2v) is 4.29. The van der Waals surface area contributed by atoms with Crippen molar-refractivity contribution in [1.82, 2.24) is 4.98 Å². The summed E-state index contributed by atoms with van der Waals surface area (Å²) in [6, 6.07) is 3.78. The van der Waals surface area contributed by atoms with E-state index in [0.29, 0.717) is 0 Å². The van der Waals surface area contributed by atoms with Gasteiger partial charge in [-0.1, -0.05) is 6.42 Å². The van der Waals surface area contributed by atoms with Crippen LogP contribution in [0.2, 0.25) is 0 Å². The van der Waals surface area contributed by atoms with Crippen LogP contribution < -0.4 is 5.55 Å². The Morgan fingerprint density at radius 3 is 3.00 bits per heavy atom. The van der Waals surface area contributed by atoms with E-state index in [4.69, 9.17) is 9.83 Å². The van der Waals surface area contributed by atoms with Crippen molar-refractivity contribution < 1.29 is 4.42 Å². The van der Waals surface area contributed by atoms with Gasteiger partial charge in [0, 0.05) is 18.2 Å². The highest BCUT2D eigenvalue weighted by Gasteiger charge is 2.15. The number of aromatic nitrogens is 1. The zero-order chi connectivity index (χ0) is 11.0. The zero-order valence-corrected chi connectivity index (χ0v) is 9.12. The topological polar surface area (TPSA) is 49.9 Å². The smallest absolute Gasteiger partial charge is 0.220 e. The predicted octanol–water partition coefficient (Wildman–Crippen LogP) is 2.58. The molecule has 3 rings (SSSR count). The van der Waals surface area contributed by atoms with Gasteiger partial charge in [-0.2, -0.15) is 0 Å². The molecule has 0 fully saturated rings. The number of nitrogens with zero attached hydrogens (tertiary/aromatic N) is 1. The summed E-state index contributed by atoms with van der Waals surface area (Å²) in [5.74, 6) is 0.980. The number of aryl methyl sites for hydroxylation is 2. The minimum Gasteiger partial charge on any atom is -0.443 e. The van der Waals surface area contributed by atoms with Crippen molar-refractivity contribution in [1.29, 1.82) is 5.41 Å². The van der Waals surface area contributed by atoms with Crippen LogP contribution in [-0.2, 0) is 12.8 Å². The Bertz CT molecular complexity index is 586. The van der Waals surface area contributed by atoms with Gasteiger partial charge in [0.25, 0.3) is 0 Å². The molecule has 82 valence electrons. The highest BCUT2D eigenvalue weighted by molar-refractivity contribution is 5.80. The van der Waals surface area contributed by atoms with E-state index >= 15 is 0 Å². The minimum atomic E-state index is 0.253. The molecular formula is C13H14N2O. The van der Waals surface area contributed by atoms with Gasteiger partial charge in [-0.3, -0.25) is 10.4 Å². The van der Waals surface area contributed by atoms with Crippen molar-refractivity contribution >= 4 is 10.9 Å². The standard InChI is InChI=1S/C13H14N2O/c14-13-10-6-4-8-15-12(10)9-5-2-1-3-7-11(9)16-13/h4,6,8,14H,1-3,5,7H2. The second-order valence-electron chi connectivity index (χ2n) is 4.29. The maximum Gasteiger partial charge on any atom is 0.220 e. The predicted molar refractivity (Wildman–Crippen MR) is 61.1 cm³/mol. The summed E-state index contributed by atoms with van der Waals surface area (Å²) >= 11 is 0. The van der Waals surface area contributed by atoms with Crippen molar-refractivity contribution in [2.45, 2.75) is 32.1 Å². The number of fused-ring (bicyclic) bond motifs is 3. The van der Waals surface area contributed by atoms with Crippen LogP contribution in [0, 0.1) is 5.41 Å². The van der Waals surface area contributed by atoms with Gasteiger partial charge >= 0.3 is 0 Å². The first-order chi connectivity index (χ1) is 7.86. The number of hydrogen-bond acceptors (Lipinski definition) is 3. The molecule has 0 atom stereocenters. The molecule has 1 aliphatic carbocycles. The number of pyridine rings is 1. The summed E-state index contributed by atoms with van der Waals surface area (Å²) in [4.78, 5) is 4.42. The molecule has 0 amide bonds. The maximum atomic E-state index is 7.87. The number of hydrogen-bond donors (Lipinski definition) is 1. The molecule has 0 bridgehead atoms. The van der Waals surface area contributed by atoms with E-state index < -0.39 is 0 Å². The van der Waals surface area contributed by atoms with Gasteiger partial charge in [-0.15, -0.1) is 0 Å². The highest BCUT2D eigenvalue weighted by Crippen LogP contribution is 2.24. The monoisotopic (exact) mass is 214 g/mol. The normalized spacial score (nSPS) is 15.8. The first-order valence-electron chi connectivity index (χ1n) is 5.80. The van der Waals surface area contributed by atoms with Crippen LogP contribution in [0.15, 0.2) is 22.7 Å². The van der Waals surface area contributed by atoms with E-state index in [9.17, 15) is 0 Å². The van der Waals surface area contributed by atoms with Gasteiger partial charge in [-0.05, 0) is 31.4 Å². The van der Waals surface area contributed by atoms with Crippen LogP contribution in [0.1, 0.15) is 30.6 Å². The van der Waals surface area contributed by atoms with Crippen LogP contribution in [-0.4, -0.2) is 4.98 Å². The summed E-state index contributed by atoms with van der Waals surface area (Å²) in [7, 11) is 0. The Morgan fingerprint density at radius 1 is 1.19 bits per heavy atom. The van der Waals surface area contributed by atoms with Crippen molar-refractivity contribution in [2.75, 3.05) is 0 Å². The molecular weight excluding hydrogens is 200 g/mol. The third-order valence-electron chi connectivity index (χ3n) is 3.23.